The molecule has 0 saturated carbocycles. The van der Waals surface area contributed by atoms with Crippen molar-refractivity contribution in [2.75, 3.05) is 6.61 Å². The van der Waals surface area contributed by atoms with Crippen LogP contribution in [0.2, 0.25) is 0 Å². The lowest BCUT2D eigenvalue weighted by Crippen LogP contribution is -2.30. The monoisotopic (exact) mass is 333 g/mol. The Morgan fingerprint density at radius 3 is 3.00 bits per heavy atom. The van der Waals surface area contributed by atoms with Gasteiger partial charge in [0.05, 0.1) is 12.9 Å². The molecule has 1 amide bonds. The van der Waals surface area contributed by atoms with Crippen LogP contribution in [0.1, 0.15) is 24.1 Å². The second-order valence-electron chi connectivity index (χ2n) is 4.83. The number of aryl methyl sites for hydroxylation is 1. The Balaban J connectivity index is 1.53. The van der Waals surface area contributed by atoms with E-state index in [-0.39, 0.29) is 18.9 Å². The van der Waals surface area contributed by atoms with Crippen LogP contribution < -0.4 is 5.32 Å². The van der Waals surface area contributed by atoms with Gasteiger partial charge in [0, 0.05) is 23.8 Å². The quantitative estimate of drug-likeness (QED) is 0.687. The molecule has 8 heteroatoms. The summed E-state index contributed by atoms with van der Waals surface area (Å²) in [6, 6.07) is 4.74. The van der Waals surface area contributed by atoms with E-state index >= 15 is 0 Å². The number of nitrogens with one attached hydrogen (secondary N) is 1. The van der Waals surface area contributed by atoms with Crippen LogP contribution in [0.4, 0.5) is 0 Å². The average molecular weight is 333 g/mol. The molecule has 0 aromatic carbocycles. The number of nitrogens with zero attached hydrogens (tertiary/aromatic N) is 2. The van der Waals surface area contributed by atoms with Crippen LogP contribution in [0.15, 0.2) is 44.1 Å². The Morgan fingerprint density at radius 1 is 1.39 bits per heavy atom. The number of aliphatic hydroxyl groups excluding tert-OH is 1. The minimum absolute atomic E-state index is 0.183. The largest absolute Gasteiger partial charge is 0.467 e. The Hall–Kier alpha value is -2.45. The van der Waals surface area contributed by atoms with Gasteiger partial charge in [-0.15, -0.1) is 10.2 Å². The van der Waals surface area contributed by atoms with Gasteiger partial charge in [0.25, 0.3) is 0 Å². The van der Waals surface area contributed by atoms with Gasteiger partial charge in [-0.05, 0) is 23.6 Å². The predicted octanol–water partition coefficient (Wildman–Crippen LogP) is 2.17. The molecule has 0 fully saturated rings. The number of hydrogen-bond acceptors (Lipinski definition) is 7. The second kappa shape index (κ2) is 7.21. The summed E-state index contributed by atoms with van der Waals surface area (Å²) in [5.74, 6) is 1.14. The van der Waals surface area contributed by atoms with Crippen LogP contribution in [-0.4, -0.2) is 27.8 Å². The third-order valence-electron chi connectivity index (χ3n) is 3.21. The summed E-state index contributed by atoms with van der Waals surface area (Å²) in [4.78, 5) is 12.0. The first kappa shape index (κ1) is 15.4. The fourth-order valence-electron chi connectivity index (χ4n) is 2.04. The van der Waals surface area contributed by atoms with E-state index in [0.29, 0.717) is 24.0 Å². The number of hydrogen-bond donors (Lipinski definition) is 2. The summed E-state index contributed by atoms with van der Waals surface area (Å²) < 4.78 is 10.7. The topological polar surface area (TPSA) is 101 Å². The van der Waals surface area contributed by atoms with E-state index in [9.17, 15) is 9.90 Å². The fraction of sp³-hybridized carbons (Fsp3) is 0.267. The standard InChI is InChI=1S/C15H15N3O4S/c19-8-11(12-2-1-6-21-12)16-13(20)3-4-14-17-18-15(22-14)10-5-7-23-9-10/h1-2,5-7,9,11,19H,3-4,8H2,(H,16,20). The third kappa shape index (κ3) is 3.85. The van der Waals surface area contributed by atoms with Crippen molar-refractivity contribution < 1.29 is 18.7 Å². The Labute approximate surface area is 136 Å². The Bertz CT molecular complexity index is 737. The molecule has 120 valence electrons. The number of carbonyl (C=O) groups excluding carboxylic acids is 1. The summed E-state index contributed by atoms with van der Waals surface area (Å²) in [5, 5.41) is 23.8. The minimum atomic E-state index is -0.554. The van der Waals surface area contributed by atoms with Crippen LogP contribution in [0.5, 0.6) is 0 Å². The summed E-state index contributed by atoms with van der Waals surface area (Å²) in [7, 11) is 0. The molecular weight excluding hydrogens is 318 g/mol. The van der Waals surface area contributed by atoms with Gasteiger partial charge in [-0.2, -0.15) is 11.3 Å². The molecule has 0 bridgehead atoms. The summed E-state index contributed by atoms with van der Waals surface area (Å²) in [5.41, 5.74) is 0.872. The number of carbonyl (C=O) groups is 1. The number of amides is 1. The highest BCUT2D eigenvalue weighted by atomic mass is 32.1. The van der Waals surface area contributed by atoms with Crippen LogP contribution in [0.3, 0.4) is 0 Å². The van der Waals surface area contributed by atoms with E-state index in [1.54, 1.807) is 23.5 Å². The van der Waals surface area contributed by atoms with E-state index in [1.165, 1.54) is 6.26 Å². The van der Waals surface area contributed by atoms with E-state index < -0.39 is 6.04 Å². The van der Waals surface area contributed by atoms with E-state index in [0.717, 1.165) is 5.56 Å². The number of rotatable bonds is 7. The highest BCUT2D eigenvalue weighted by Gasteiger charge is 2.17. The van der Waals surface area contributed by atoms with Gasteiger partial charge in [-0.25, -0.2) is 0 Å². The maximum Gasteiger partial charge on any atom is 0.248 e. The van der Waals surface area contributed by atoms with Gasteiger partial charge < -0.3 is 19.3 Å². The molecule has 0 aliphatic rings. The molecule has 3 heterocycles. The molecule has 0 saturated heterocycles. The lowest BCUT2D eigenvalue weighted by molar-refractivity contribution is -0.122. The zero-order chi connectivity index (χ0) is 16.1. The van der Waals surface area contributed by atoms with Crippen molar-refractivity contribution in [3.63, 3.8) is 0 Å². The third-order valence-corrected chi connectivity index (χ3v) is 3.89. The Morgan fingerprint density at radius 2 is 2.30 bits per heavy atom. The summed E-state index contributed by atoms with van der Waals surface area (Å²) in [6.07, 6.45) is 2.01. The normalized spacial score (nSPS) is 12.2. The molecule has 3 aromatic rings. The number of aliphatic hydroxyl groups is 1. The average Bonchev–Trinajstić information content (AvgIpc) is 3.32. The molecule has 0 aliphatic carbocycles. The van der Waals surface area contributed by atoms with Gasteiger partial charge in [0.2, 0.25) is 17.7 Å². The van der Waals surface area contributed by atoms with Gasteiger partial charge in [-0.1, -0.05) is 0 Å². The first-order valence-corrected chi connectivity index (χ1v) is 7.99. The highest BCUT2D eigenvalue weighted by molar-refractivity contribution is 7.08. The van der Waals surface area contributed by atoms with E-state index in [2.05, 4.69) is 15.5 Å². The molecule has 0 spiro atoms. The molecule has 1 atom stereocenters. The van der Waals surface area contributed by atoms with Crippen LogP contribution >= 0.6 is 11.3 Å². The maximum atomic E-state index is 12.0. The number of thiophene rings is 1. The van der Waals surface area contributed by atoms with Gasteiger partial charge >= 0.3 is 0 Å². The summed E-state index contributed by atoms with van der Waals surface area (Å²) in [6.45, 7) is -0.234. The maximum absolute atomic E-state index is 12.0. The van der Waals surface area contributed by atoms with Crippen molar-refractivity contribution in [2.24, 2.45) is 0 Å². The van der Waals surface area contributed by atoms with Gasteiger partial charge in [0.15, 0.2) is 0 Å². The zero-order valence-electron chi connectivity index (χ0n) is 12.1. The molecule has 3 aromatic heterocycles. The molecule has 1 unspecified atom stereocenters. The molecular formula is C15H15N3O4S. The first-order chi connectivity index (χ1) is 11.3. The molecule has 23 heavy (non-hydrogen) atoms. The van der Waals surface area contributed by atoms with Crippen LogP contribution in [0, 0.1) is 0 Å². The molecule has 2 N–H and O–H groups in total. The minimum Gasteiger partial charge on any atom is -0.467 e. The van der Waals surface area contributed by atoms with E-state index in [1.807, 2.05) is 16.8 Å². The predicted molar refractivity (Wildman–Crippen MR) is 82.6 cm³/mol. The van der Waals surface area contributed by atoms with Gasteiger partial charge in [0.1, 0.15) is 11.8 Å². The van der Waals surface area contributed by atoms with Gasteiger partial charge in [-0.3, -0.25) is 4.79 Å². The zero-order valence-corrected chi connectivity index (χ0v) is 13.0. The fourth-order valence-corrected chi connectivity index (χ4v) is 2.67. The van der Waals surface area contributed by atoms with E-state index in [4.69, 9.17) is 8.83 Å². The first-order valence-electron chi connectivity index (χ1n) is 7.05. The van der Waals surface area contributed by atoms with Crippen molar-refractivity contribution in [1.82, 2.24) is 15.5 Å². The smallest absolute Gasteiger partial charge is 0.248 e. The highest BCUT2D eigenvalue weighted by Crippen LogP contribution is 2.20. The number of aromatic nitrogens is 2. The molecule has 7 nitrogen and oxygen atoms in total. The molecule has 3 rings (SSSR count). The molecule has 0 aliphatic heterocycles. The van der Waals surface area contributed by atoms with Crippen molar-refractivity contribution >= 4 is 17.2 Å². The van der Waals surface area contributed by atoms with Crippen LogP contribution in [0.25, 0.3) is 11.5 Å². The van der Waals surface area contributed by atoms with Crippen molar-refractivity contribution in [1.29, 1.82) is 0 Å². The number of furan rings is 1. The SMILES string of the molecule is O=C(CCc1nnc(-c2ccsc2)o1)NC(CO)c1ccco1. The lowest BCUT2D eigenvalue weighted by atomic mass is 10.2. The van der Waals surface area contributed by atoms with Crippen molar-refractivity contribution in [3.05, 3.63) is 46.9 Å². The second-order valence-corrected chi connectivity index (χ2v) is 5.61. The van der Waals surface area contributed by atoms with Crippen molar-refractivity contribution in [2.45, 2.75) is 18.9 Å². The van der Waals surface area contributed by atoms with Crippen molar-refractivity contribution in [3.8, 4) is 11.5 Å². The summed E-state index contributed by atoms with van der Waals surface area (Å²) >= 11 is 1.55. The lowest BCUT2D eigenvalue weighted by Gasteiger charge is -2.13. The Kier molecular flexibility index (Phi) is 4.84. The van der Waals surface area contributed by atoms with Crippen LogP contribution in [-0.2, 0) is 11.2 Å². The molecule has 0 radical (unpaired) electrons.